The molecule has 6 nitrogen and oxygen atoms in total. The molecule has 0 aliphatic heterocycles. The quantitative estimate of drug-likeness (QED) is 0.688. The molecular weight excluding hydrogens is 378 g/mol. The number of fused-ring (bicyclic) bond motifs is 1. The van der Waals surface area contributed by atoms with Crippen LogP contribution in [0.2, 0.25) is 5.02 Å². The van der Waals surface area contributed by atoms with Crippen LogP contribution >= 0.6 is 11.6 Å². The Morgan fingerprint density at radius 1 is 1.07 bits per heavy atom. The predicted octanol–water partition coefficient (Wildman–Crippen LogP) is 3.56. The van der Waals surface area contributed by atoms with Crippen molar-refractivity contribution in [3.8, 4) is 0 Å². The lowest BCUT2D eigenvalue weighted by Crippen LogP contribution is -2.41. The zero-order valence-electron chi connectivity index (χ0n) is 15.9. The molecule has 0 saturated carbocycles. The van der Waals surface area contributed by atoms with Crippen LogP contribution in [0.15, 0.2) is 52.1 Å². The van der Waals surface area contributed by atoms with Crippen molar-refractivity contribution >= 4 is 34.1 Å². The highest BCUT2D eigenvalue weighted by atomic mass is 35.5. The van der Waals surface area contributed by atoms with Crippen molar-refractivity contribution in [3.05, 3.63) is 73.9 Å². The molecule has 1 N–H and O–H groups in total. The Kier molecular flexibility index (Phi) is 5.99. The van der Waals surface area contributed by atoms with E-state index in [1.807, 2.05) is 19.9 Å². The lowest BCUT2D eigenvalue weighted by molar-refractivity contribution is -0.116. The Labute approximate surface area is 167 Å². The molecule has 1 aromatic heterocycles. The van der Waals surface area contributed by atoms with Gasteiger partial charge in [-0.05, 0) is 37.1 Å². The number of aryl methyl sites for hydroxylation is 1. The molecule has 0 aliphatic rings. The van der Waals surface area contributed by atoms with Crippen molar-refractivity contribution in [3.63, 3.8) is 0 Å². The Morgan fingerprint density at radius 2 is 1.82 bits per heavy atom. The highest BCUT2D eigenvalue weighted by Crippen LogP contribution is 2.25. The average Bonchev–Trinajstić information content (AvgIpc) is 2.68. The van der Waals surface area contributed by atoms with Gasteiger partial charge in [0.15, 0.2) is 0 Å². The van der Waals surface area contributed by atoms with E-state index < -0.39 is 5.69 Å². The van der Waals surface area contributed by atoms with Gasteiger partial charge in [0.1, 0.15) is 6.54 Å². The highest BCUT2D eigenvalue weighted by molar-refractivity contribution is 6.33. The molecule has 0 saturated heterocycles. The maximum absolute atomic E-state index is 13.0. The first-order chi connectivity index (χ1) is 13.4. The largest absolute Gasteiger partial charge is 0.331 e. The summed E-state index contributed by atoms with van der Waals surface area (Å²) in [7, 11) is 0. The van der Waals surface area contributed by atoms with Gasteiger partial charge in [-0.2, -0.15) is 0 Å². The zero-order valence-corrected chi connectivity index (χ0v) is 16.6. The molecule has 146 valence electrons. The number of para-hydroxylation sites is 2. The van der Waals surface area contributed by atoms with Gasteiger partial charge in [-0.1, -0.05) is 49.2 Å². The van der Waals surface area contributed by atoms with Gasteiger partial charge in [-0.15, -0.1) is 0 Å². The van der Waals surface area contributed by atoms with Crippen LogP contribution in [0.25, 0.3) is 10.9 Å². The van der Waals surface area contributed by atoms with Crippen molar-refractivity contribution < 1.29 is 4.79 Å². The molecule has 7 heteroatoms. The molecule has 3 rings (SSSR count). The van der Waals surface area contributed by atoms with E-state index in [0.29, 0.717) is 34.6 Å². The van der Waals surface area contributed by atoms with E-state index in [1.165, 1.54) is 9.13 Å². The topological polar surface area (TPSA) is 73.1 Å². The third-order valence-electron chi connectivity index (χ3n) is 4.66. The molecule has 1 heterocycles. The maximum Gasteiger partial charge on any atom is 0.331 e. The van der Waals surface area contributed by atoms with Gasteiger partial charge < -0.3 is 5.32 Å². The van der Waals surface area contributed by atoms with E-state index in [0.717, 1.165) is 12.0 Å². The third kappa shape index (κ3) is 3.87. The van der Waals surface area contributed by atoms with E-state index in [2.05, 4.69) is 5.32 Å². The smallest absolute Gasteiger partial charge is 0.323 e. The van der Waals surface area contributed by atoms with Crippen LogP contribution in [-0.4, -0.2) is 15.0 Å². The van der Waals surface area contributed by atoms with Gasteiger partial charge >= 0.3 is 5.69 Å². The maximum atomic E-state index is 13.0. The molecule has 0 aliphatic carbocycles. The predicted molar refractivity (Wildman–Crippen MR) is 112 cm³/mol. The zero-order chi connectivity index (χ0) is 20.3. The first kappa shape index (κ1) is 19.9. The number of halogens is 1. The van der Waals surface area contributed by atoms with Gasteiger partial charge in [0.25, 0.3) is 5.56 Å². The minimum absolute atomic E-state index is 0.212. The van der Waals surface area contributed by atoms with Gasteiger partial charge in [0.2, 0.25) is 5.91 Å². The lowest BCUT2D eigenvalue weighted by Gasteiger charge is -2.15. The molecule has 0 bridgehead atoms. The van der Waals surface area contributed by atoms with Gasteiger partial charge in [-0.25, -0.2) is 4.79 Å². The third-order valence-corrected chi connectivity index (χ3v) is 4.97. The first-order valence-electron chi connectivity index (χ1n) is 9.21. The summed E-state index contributed by atoms with van der Waals surface area (Å²) in [5, 5.41) is 3.62. The van der Waals surface area contributed by atoms with Gasteiger partial charge in [-0.3, -0.25) is 18.7 Å². The normalized spacial score (nSPS) is 11.0. The summed E-state index contributed by atoms with van der Waals surface area (Å²) in [5.41, 5.74) is 0.976. The summed E-state index contributed by atoms with van der Waals surface area (Å²) in [6.07, 6.45) is 1.56. The fourth-order valence-corrected chi connectivity index (χ4v) is 3.42. The fraction of sp³-hybridized carbons (Fsp3) is 0.286. The summed E-state index contributed by atoms with van der Waals surface area (Å²) < 4.78 is 2.55. The van der Waals surface area contributed by atoms with E-state index >= 15 is 0 Å². The van der Waals surface area contributed by atoms with Crippen molar-refractivity contribution in [2.45, 2.75) is 39.8 Å². The number of aromatic nitrogens is 2. The summed E-state index contributed by atoms with van der Waals surface area (Å²) in [6, 6.07) is 12.2. The highest BCUT2D eigenvalue weighted by Gasteiger charge is 2.16. The molecule has 0 unspecified atom stereocenters. The Balaban J connectivity index is 2.03. The number of carbonyl (C=O) groups excluding carboxylic acids is 1. The number of unbranched alkanes of at least 4 members (excludes halogenated alkanes) is 1. The van der Waals surface area contributed by atoms with Crippen LogP contribution in [0, 0.1) is 6.92 Å². The summed E-state index contributed by atoms with van der Waals surface area (Å²) in [6.45, 7) is 3.94. The van der Waals surface area contributed by atoms with E-state index in [-0.39, 0.29) is 18.0 Å². The summed E-state index contributed by atoms with van der Waals surface area (Å²) in [5.74, 6) is -0.385. The molecule has 0 spiro atoms. The minimum atomic E-state index is -0.483. The molecule has 28 heavy (non-hydrogen) atoms. The van der Waals surface area contributed by atoms with Crippen molar-refractivity contribution in [2.24, 2.45) is 0 Å². The number of rotatable bonds is 6. The number of benzene rings is 2. The van der Waals surface area contributed by atoms with Crippen LogP contribution < -0.4 is 16.6 Å². The van der Waals surface area contributed by atoms with Crippen LogP contribution in [0.3, 0.4) is 0 Å². The molecular formula is C21H22ClN3O3. The Morgan fingerprint density at radius 3 is 2.54 bits per heavy atom. The van der Waals surface area contributed by atoms with E-state index in [4.69, 9.17) is 11.6 Å². The van der Waals surface area contributed by atoms with Gasteiger partial charge in [0.05, 0.1) is 21.6 Å². The Hall–Kier alpha value is -2.86. The van der Waals surface area contributed by atoms with Crippen molar-refractivity contribution in [1.82, 2.24) is 9.13 Å². The second-order valence-corrected chi connectivity index (χ2v) is 7.08. The summed E-state index contributed by atoms with van der Waals surface area (Å²) in [4.78, 5) is 38.3. The molecule has 0 atom stereocenters. The molecule has 0 fully saturated rings. The Bertz CT molecular complexity index is 1130. The standard InChI is InChI=1S/C21H22ClN3O3/c1-3-4-12-24-20(27)15-9-5-6-11-17(15)25(21(24)28)13-18(26)23-19-14(2)8-7-10-16(19)22/h5-11H,3-4,12-13H2,1-2H3,(H,23,26). The molecule has 3 aromatic rings. The van der Waals surface area contributed by atoms with Gasteiger partial charge in [0, 0.05) is 6.54 Å². The number of hydrogen-bond acceptors (Lipinski definition) is 3. The van der Waals surface area contributed by atoms with Crippen LogP contribution in [-0.2, 0) is 17.9 Å². The first-order valence-corrected chi connectivity index (χ1v) is 9.59. The van der Waals surface area contributed by atoms with Crippen LogP contribution in [0.5, 0.6) is 0 Å². The van der Waals surface area contributed by atoms with Crippen LogP contribution in [0.1, 0.15) is 25.3 Å². The lowest BCUT2D eigenvalue weighted by atomic mass is 10.2. The number of anilines is 1. The number of amides is 1. The van der Waals surface area contributed by atoms with E-state index in [9.17, 15) is 14.4 Å². The number of nitrogens with one attached hydrogen (secondary N) is 1. The van der Waals surface area contributed by atoms with E-state index in [1.54, 1.807) is 36.4 Å². The minimum Gasteiger partial charge on any atom is -0.323 e. The molecule has 0 radical (unpaired) electrons. The fourth-order valence-electron chi connectivity index (χ4n) is 3.15. The SMILES string of the molecule is CCCCn1c(=O)c2ccccc2n(CC(=O)Nc2c(C)cccc2Cl)c1=O. The molecule has 2 aromatic carbocycles. The second-order valence-electron chi connectivity index (χ2n) is 6.68. The van der Waals surface area contributed by atoms with Crippen LogP contribution in [0.4, 0.5) is 5.69 Å². The number of nitrogens with zero attached hydrogens (tertiary/aromatic N) is 2. The second kappa shape index (κ2) is 8.44. The number of carbonyl (C=O) groups is 1. The molecule has 1 amide bonds. The summed E-state index contributed by atoms with van der Waals surface area (Å²) >= 11 is 6.18. The number of hydrogen-bond donors (Lipinski definition) is 1. The van der Waals surface area contributed by atoms with Crippen molar-refractivity contribution in [2.75, 3.05) is 5.32 Å². The monoisotopic (exact) mass is 399 g/mol. The van der Waals surface area contributed by atoms with Crippen molar-refractivity contribution in [1.29, 1.82) is 0 Å². The average molecular weight is 400 g/mol.